The van der Waals surface area contributed by atoms with Crippen LogP contribution in [0.3, 0.4) is 0 Å². The van der Waals surface area contributed by atoms with Crippen LogP contribution in [0.15, 0.2) is 0 Å². The molecule has 0 aliphatic carbocycles. The smallest absolute Gasteiger partial charge is 0.216 e. The predicted molar refractivity (Wildman–Crippen MR) is 91.6 cm³/mol. The van der Waals surface area contributed by atoms with Gasteiger partial charge >= 0.3 is 0 Å². The van der Waals surface area contributed by atoms with Crippen LogP contribution in [-0.2, 0) is 4.79 Å². The molecule has 0 aromatic carbocycles. The SMILES string of the molecule is CC(=O)NCCCN1CCN(CCCN)CC1.Cl.Cl.Cl. The number of rotatable bonds is 7. The van der Waals surface area contributed by atoms with Gasteiger partial charge in [0, 0.05) is 39.6 Å². The Bertz CT molecular complexity index is 227. The first-order valence-corrected chi connectivity index (χ1v) is 6.61. The van der Waals surface area contributed by atoms with E-state index in [4.69, 9.17) is 5.73 Å². The van der Waals surface area contributed by atoms with E-state index in [1.165, 1.54) is 0 Å². The summed E-state index contributed by atoms with van der Waals surface area (Å²) in [4.78, 5) is 15.7. The van der Waals surface area contributed by atoms with Crippen molar-refractivity contribution in [1.82, 2.24) is 15.1 Å². The van der Waals surface area contributed by atoms with E-state index in [-0.39, 0.29) is 43.1 Å². The number of hydrogen-bond donors (Lipinski definition) is 2. The van der Waals surface area contributed by atoms with Crippen molar-refractivity contribution < 1.29 is 4.79 Å². The fourth-order valence-electron chi connectivity index (χ4n) is 2.12. The summed E-state index contributed by atoms with van der Waals surface area (Å²) in [5, 5.41) is 2.83. The van der Waals surface area contributed by atoms with Crippen LogP contribution in [0.4, 0.5) is 0 Å². The van der Waals surface area contributed by atoms with Gasteiger partial charge in [0.25, 0.3) is 0 Å². The molecule has 1 saturated heterocycles. The number of nitrogens with one attached hydrogen (secondary N) is 1. The van der Waals surface area contributed by atoms with Gasteiger partial charge in [0.1, 0.15) is 0 Å². The highest BCUT2D eigenvalue weighted by molar-refractivity contribution is 5.86. The number of carbonyl (C=O) groups is 1. The summed E-state index contributed by atoms with van der Waals surface area (Å²) in [6.07, 6.45) is 2.14. The van der Waals surface area contributed by atoms with Gasteiger partial charge < -0.3 is 20.9 Å². The van der Waals surface area contributed by atoms with Crippen LogP contribution in [0.5, 0.6) is 0 Å². The van der Waals surface area contributed by atoms with Gasteiger partial charge in [-0.15, -0.1) is 37.2 Å². The maximum atomic E-state index is 10.7. The zero-order valence-electron chi connectivity index (χ0n) is 12.2. The third-order valence-electron chi connectivity index (χ3n) is 3.17. The summed E-state index contributed by atoms with van der Waals surface area (Å²) in [6, 6.07) is 0. The van der Waals surface area contributed by atoms with Gasteiger partial charge in [0.05, 0.1) is 0 Å². The Morgan fingerprint density at radius 3 is 1.85 bits per heavy atom. The van der Waals surface area contributed by atoms with Crippen molar-refractivity contribution in [3.05, 3.63) is 0 Å². The number of carbonyl (C=O) groups excluding carboxylic acids is 1. The fourth-order valence-corrected chi connectivity index (χ4v) is 2.12. The number of piperazine rings is 1. The summed E-state index contributed by atoms with van der Waals surface area (Å²) in [5.74, 6) is 0.0663. The van der Waals surface area contributed by atoms with Crippen LogP contribution >= 0.6 is 37.2 Å². The molecule has 124 valence electrons. The van der Waals surface area contributed by atoms with E-state index >= 15 is 0 Å². The van der Waals surface area contributed by atoms with Crippen molar-refractivity contribution in [1.29, 1.82) is 0 Å². The molecule has 0 unspecified atom stereocenters. The fraction of sp³-hybridized carbons (Fsp3) is 0.917. The molecule has 20 heavy (non-hydrogen) atoms. The zero-order chi connectivity index (χ0) is 12.5. The van der Waals surface area contributed by atoms with E-state index in [0.717, 1.165) is 65.2 Å². The molecule has 0 bridgehead atoms. The van der Waals surface area contributed by atoms with Crippen molar-refractivity contribution in [3.8, 4) is 0 Å². The van der Waals surface area contributed by atoms with Gasteiger partial charge in [-0.2, -0.15) is 0 Å². The quantitative estimate of drug-likeness (QED) is 0.664. The molecular weight excluding hydrogens is 323 g/mol. The molecular formula is C12H29Cl3N4O. The number of hydrogen-bond acceptors (Lipinski definition) is 4. The van der Waals surface area contributed by atoms with Crippen LogP contribution < -0.4 is 11.1 Å². The van der Waals surface area contributed by atoms with Crippen LogP contribution in [0, 0.1) is 0 Å². The minimum atomic E-state index is 0. The van der Waals surface area contributed by atoms with Gasteiger partial charge in [0.15, 0.2) is 0 Å². The number of nitrogens with zero attached hydrogens (tertiary/aromatic N) is 2. The standard InChI is InChI=1S/C12H26N4O.3ClH/c1-12(17)14-5-3-7-16-10-8-15(9-11-16)6-2-4-13;;;/h2-11,13H2,1H3,(H,14,17);3*1H. The number of halogens is 3. The lowest BCUT2D eigenvalue weighted by atomic mass is 10.2. The van der Waals surface area contributed by atoms with Gasteiger partial charge in [0.2, 0.25) is 5.91 Å². The molecule has 0 atom stereocenters. The molecule has 0 saturated carbocycles. The van der Waals surface area contributed by atoms with E-state index < -0.39 is 0 Å². The molecule has 1 rings (SSSR count). The second-order valence-electron chi connectivity index (χ2n) is 4.66. The molecule has 1 aliphatic rings. The molecule has 1 fully saturated rings. The van der Waals surface area contributed by atoms with E-state index in [0.29, 0.717) is 0 Å². The van der Waals surface area contributed by atoms with E-state index in [1.807, 2.05) is 0 Å². The second-order valence-corrected chi connectivity index (χ2v) is 4.66. The molecule has 3 N–H and O–H groups in total. The maximum Gasteiger partial charge on any atom is 0.216 e. The highest BCUT2D eigenvalue weighted by Gasteiger charge is 2.15. The Labute approximate surface area is 141 Å². The topological polar surface area (TPSA) is 61.6 Å². The highest BCUT2D eigenvalue weighted by Crippen LogP contribution is 2.02. The van der Waals surface area contributed by atoms with Crippen molar-refractivity contribution in [3.63, 3.8) is 0 Å². The molecule has 0 radical (unpaired) electrons. The van der Waals surface area contributed by atoms with Crippen molar-refractivity contribution in [2.45, 2.75) is 19.8 Å². The number of nitrogens with two attached hydrogens (primary N) is 1. The van der Waals surface area contributed by atoms with Gasteiger partial charge in [-0.25, -0.2) is 0 Å². The lowest BCUT2D eigenvalue weighted by molar-refractivity contribution is -0.118. The van der Waals surface area contributed by atoms with E-state index in [1.54, 1.807) is 6.92 Å². The van der Waals surface area contributed by atoms with Crippen LogP contribution in [0.25, 0.3) is 0 Å². The summed E-state index contributed by atoms with van der Waals surface area (Å²) in [6.45, 7) is 9.96. The Balaban J connectivity index is -0.000000963. The van der Waals surface area contributed by atoms with Crippen LogP contribution in [0.2, 0.25) is 0 Å². The lowest BCUT2D eigenvalue weighted by Crippen LogP contribution is -2.47. The molecule has 0 aromatic heterocycles. The van der Waals surface area contributed by atoms with Gasteiger partial charge in [-0.1, -0.05) is 0 Å². The minimum Gasteiger partial charge on any atom is -0.356 e. The number of amides is 1. The average molecular weight is 352 g/mol. The molecule has 0 spiro atoms. The van der Waals surface area contributed by atoms with E-state index in [2.05, 4.69) is 15.1 Å². The molecule has 5 nitrogen and oxygen atoms in total. The molecule has 8 heteroatoms. The van der Waals surface area contributed by atoms with Gasteiger partial charge in [-0.05, 0) is 32.5 Å². The lowest BCUT2D eigenvalue weighted by Gasteiger charge is -2.34. The van der Waals surface area contributed by atoms with Crippen molar-refractivity contribution in [2.24, 2.45) is 5.73 Å². The van der Waals surface area contributed by atoms with Crippen LogP contribution in [0.1, 0.15) is 19.8 Å². The average Bonchev–Trinajstić information content (AvgIpc) is 2.33. The third-order valence-corrected chi connectivity index (χ3v) is 3.17. The highest BCUT2D eigenvalue weighted by atomic mass is 35.5. The van der Waals surface area contributed by atoms with Crippen LogP contribution in [-0.4, -0.2) is 68.1 Å². The maximum absolute atomic E-state index is 10.7. The molecule has 1 aliphatic heterocycles. The first-order valence-electron chi connectivity index (χ1n) is 6.61. The summed E-state index contributed by atoms with van der Waals surface area (Å²) in [7, 11) is 0. The first-order chi connectivity index (χ1) is 8.22. The largest absolute Gasteiger partial charge is 0.356 e. The normalized spacial score (nSPS) is 15.5. The van der Waals surface area contributed by atoms with Crippen molar-refractivity contribution in [2.75, 3.05) is 52.4 Å². The summed E-state index contributed by atoms with van der Waals surface area (Å²) >= 11 is 0. The Morgan fingerprint density at radius 2 is 1.45 bits per heavy atom. The predicted octanol–water partition coefficient (Wildman–Crippen LogP) is 0.744. The Kier molecular flexibility index (Phi) is 19.7. The van der Waals surface area contributed by atoms with Gasteiger partial charge in [-0.3, -0.25) is 4.79 Å². The molecule has 0 aromatic rings. The summed E-state index contributed by atoms with van der Waals surface area (Å²) < 4.78 is 0. The molecule has 1 heterocycles. The Hall–Kier alpha value is 0.220. The summed E-state index contributed by atoms with van der Waals surface area (Å²) in [5.41, 5.74) is 5.51. The first kappa shape index (κ1) is 25.2. The van der Waals surface area contributed by atoms with E-state index in [9.17, 15) is 4.79 Å². The monoisotopic (exact) mass is 350 g/mol. The minimum absolute atomic E-state index is 0. The third kappa shape index (κ3) is 12.0. The zero-order valence-corrected chi connectivity index (χ0v) is 14.6. The second kappa shape index (κ2) is 15.6. The van der Waals surface area contributed by atoms with Crippen molar-refractivity contribution >= 4 is 43.1 Å². The molecule has 1 amide bonds. The Morgan fingerprint density at radius 1 is 1.00 bits per heavy atom.